The lowest BCUT2D eigenvalue weighted by Gasteiger charge is -2.31. The summed E-state index contributed by atoms with van der Waals surface area (Å²) < 4.78 is 4.76. The Labute approximate surface area is 83.6 Å². The van der Waals surface area contributed by atoms with E-state index in [1.54, 1.807) is 0 Å². The maximum atomic E-state index is 11.3. The molecule has 5 nitrogen and oxygen atoms in total. The monoisotopic (exact) mass is 202 g/mol. The minimum absolute atomic E-state index is 0.176. The van der Waals surface area contributed by atoms with Crippen LogP contribution in [0.3, 0.4) is 0 Å². The highest BCUT2D eigenvalue weighted by molar-refractivity contribution is 5.81. The van der Waals surface area contributed by atoms with Crippen molar-refractivity contribution >= 4 is 5.91 Å². The van der Waals surface area contributed by atoms with Crippen molar-refractivity contribution in [2.75, 3.05) is 20.3 Å². The first-order valence-corrected chi connectivity index (χ1v) is 4.83. The van der Waals surface area contributed by atoms with Gasteiger partial charge in [0.15, 0.2) is 0 Å². The lowest BCUT2D eigenvalue weighted by atomic mass is 9.82. The lowest BCUT2D eigenvalue weighted by Crippen LogP contribution is -2.46. The van der Waals surface area contributed by atoms with Crippen molar-refractivity contribution in [1.82, 2.24) is 5.32 Å². The Balaban J connectivity index is 2.08. The number of ether oxygens (including phenoxy) is 1. The van der Waals surface area contributed by atoms with E-state index in [4.69, 9.17) is 15.6 Å². The molecule has 0 saturated heterocycles. The smallest absolute Gasteiger partial charge is 0.239 e. The number of amides is 1. The molecule has 0 aromatic heterocycles. The zero-order chi connectivity index (χ0) is 10.6. The summed E-state index contributed by atoms with van der Waals surface area (Å²) in [6.07, 6.45) is 1.38. The predicted octanol–water partition coefficient (Wildman–Crippen LogP) is -1.15. The summed E-state index contributed by atoms with van der Waals surface area (Å²) in [6.45, 7) is 0.840. The fourth-order valence-electron chi connectivity index (χ4n) is 1.50. The summed E-state index contributed by atoms with van der Waals surface area (Å²) in [4.78, 5) is 11.3. The van der Waals surface area contributed by atoms with Gasteiger partial charge in [-0.05, 0) is 18.8 Å². The molecule has 0 aliphatic heterocycles. The molecule has 1 aliphatic carbocycles. The van der Waals surface area contributed by atoms with Crippen LogP contribution in [0.4, 0.5) is 0 Å². The van der Waals surface area contributed by atoms with Crippen LogP contribution in [0, 0.1) is 5.92 Å². The van der Waals surface area contributed by atoms with Crippen LogP contribution in [0.15, 0.2) is 0 Å². The van der Waals surface area contributed by atoms with Gasteiger partial charge in [0.2, 0.25) is 5.91 Å². The number of nitrogens with two attached hydrogens (primary N) is 1. The number of aliphatic hydroxyl groups excluding tert-OH is 1. The molecular weight excluding hydrogens is 184 g/mol. The molecule has 82 valence electrons. The van der Waals surface area contributed by atoms with E-state index in [9.17, 15) is 4.79 Å². The van der Waals surface area contributed by atoms with Crippen LogP contribution in [0.2, 0.25) is 0 Å². The quantitative estimate of drug-likeness (QED) is 0.525. The first kappa shape index (κ1) is 11.4. The van der Waals surface area contributed by atoms with Crippen molar-refractivity contribution in [3.8, 4) is 0 Å². The number of nitrogens with one attached hydrogen (secondary N) is 1. The second-order valence-electron chi connectivity index (χ2n) is 3.80. The molecule has 0 heterocycles. The number of rotatable bonds is 5. The number of methoxy groups -OCH3 is 1. The second kappa shape index (κ2) is 5.29. The molecular formula is C9H18N2O3. The van der Waals surface area contributed by atoms with Crippen molar-refractivity contribution in [3.63, 3.8) is 0 Å². The van der Waals surface area contributed by atoms with E-state index in [-0.39, 0.29) is 18.6 Å². The zero-order valence-electron chi connectivity index (χ0n) is 8.40. The third-order valence-electron chi connectivity index (χ3n) is 2.46. The Morgan fingerprint density at radius 3 is 2.86 bits per heavy atom. The number of aliphatic hydroxyl groups is 1. The van der Waals surface area contributed by atoms with Crippen LogP contribution in [-0.2, 0) is 9.53 Å². The van der Waals surface area contributed by atoms with Gasteiger partial charge in [0.05, 0.1) is 12.7 Å². The van der Waals surface area contributed by atoms with Crippen LogP contribution in [-0.4, -0.2) is 43.4 Å². The molecule has 1 atom stereocenters. The molecule has 1 rings (SSSR count). The molecule has 1 saturated carbocycles. The number of carbonyl (C=O) groups excluding carboxylic acids is 1. The summed E-state index contributed by atoms with van der Waals surface area (Å²) in [5, 5.41) is 11.8. The van der Waals surface area contributed by atoms with Gasteiger partial charge in [-0.1, -0.05) is 0 Å². The van der Waals surface area contributed by atoms with Crippen LogP contribution in [0.1, 0.15) is 12.8 Å². The average Bonchev–Trinajstić information content (AvgIpc) is 2.10. The summed E-state index contributed by atoms with van der Waals surface area (Å²) in [6, 6.07) is -0.593. The first-order valence-electron chi connectivity index (χ1n) is 4.83. The van der Waals surface area contributed by atoms with Gasteiger partial charge in [-0.15, -0.1) is 0 Å². The molecule has 0 bridgehead atoms. The highest BCUT2D eigenvalue weighted by Gasteiger charge is 2.27. The summed E-state index contributed by atoms with van der Waals surface area (Å²) in [7, 11) is 1.51. The summed E-state index contributed by atoms with van der Waals surface area (Å²) in [5.41, 5.74) is 5.51. The van der Waals surface area contributed by atoms with Gasteiger partial charge in [-0.2, -0.15) is 0 Å². The number of carbonyl (C=O) groups is 1. The van der Waals surface area contributed by atoms with Crippen LogP contribution in [0.25, 0.3) is 0 Å². The molecule has 0 aromatic carbocycles. The highest BCUT2D eigenvalue weighted by atomic mass is 16.5. The van der Waals surface area contributed by atoms with Crippen LogP contribution < -0.4 is 11.1 Å². The van der Waals surface area contributed by atoms with E-state index in [1.165, 1.54) is 7.11 Å². The van der Waals surface area contributed by atoms with E-state index < -0.39 is 6.04 Å². The first-order chi connectivity index (χ1) is 6.63. The molecule has 14 heavy (non-hydrogen) atoms. The van der Waals surface area contributed by atoms with Gasteiger partial charge in [-0.25, -0.2) is 0 Å². The fourth-order valence-corrected chi connectivity index (χ4v) is 1.50. The number of hydrogen-bond acceptors (Lipinski definition) is 4. The Morgan fingerprint density at radius 1 is 1.71 bits per heavy atom. The second-order valence-corrected chi connectivity index (χ2v) is 3.80. The van der Waals surface area contributed by atoms with Crippen LogP contribution >= 0.6 is 0 Å². The van der Waals surface area contributed by atoms with Crippen LogP contribution in [0.5, 0.6) is 0 Å². The van der Waals surface area contributed by atoms with Gasteiger partial charge in [0, 0.05) is 13.7 Å². The maximum absolute atomic E-state index is 11.3. The molecule has 1 unspecified atom stereocenters. The summed E-state index contributed by atoms with van der Waals surface area (Å²) >= 11 is 0. The van der Waals surface area contributed by atoms with Gasteiger partial charge in [0.1, 0.15) is 6.04 Å². The zero-order valence-corrected chi connectivity index (χ0v) is 8.40. The largest absolute Gasteiger partial charge is 0.393 e. The van der Waals surface area contributed by atoms with Crippen molar-refractivity contribution in [2.24, 2.45) is 11.7 Å². The highest BCUT2D eigenvalue weighted by Crippen LogP contribution is 2.25. The molecule has 0 spiro atoms. The molecule has 5 heteroatoms. The third-order valence-corrected chi connectivity index (χ3v) is 2.46. The molecule has 1 fully saturated rings. The predicted molar refractivity (Wildman–Crippen MR) is 51.6 cm³/mol. The minimum atomic E-state index is -0.593. The standard InChI is InChI=1S/C9H18N2O3/c1-14-5-8(10)9(13)11-4-6-2-7(12)3-6/h6-8,12H,2-5,10H2,1H3,(H,11,13). The topological polar surface area (TPSA) is 84.6 Å². The molecule has 4 N–H and O–H groups in total. The maximum Gasteiger partial charge on any atom is 0.239 e. The molecule has 0 aromatic rings. The van der Waals surface area contributed by atoms with E-state index >= 15 is 0 Å². The number of hydrogen-bond donors (Lipinski definition) is 3. The van der Waals surface area contributed by atoms with Crippen molar-refractivity contribution in [2.45, 2.75) is 25.0 Å². The van der Waals surface area contributed by atoms with Gasteiger partial charge in [0.25, 0.3) is 0 Å². The SMILES string of the molecule is COCC(N)C(=O)NCC1CC(O)C1. The normalized spacial score (nSPS) is 27.9. The Bertz CT molecular complexity index is 192. The Morgan fingerprint density at radius 2 is 2.36 bits per heavy atom. The molecule has 1 amide bonds. The minimum Gasteiger partial charge on any atom is -0.393 e. The van der Waals surface area contributed by atoms with E-state index in [1.807, 2.05) is 0 Å². The van der Waals surface area contributed by atoms with E-state index in [2.05, 4.69) is 5.32 Å². The van der Waals surface area contributed by atoms with Crippen molar-refractivity contribution in [1.29, 1.82) is 0 Å². The van der Waals surface area contributed by atoms with Gasteiger partial charge in [-0.3, -0.25) is 4.79 Å². The van der Waals surface area contributed by atoms with Gasteiger partial charge >= 0.3 is 0 Å². The van der Waals surface area contributed by atoms with Crippen molar-refractivity contribution < 1.29 is 14.6 Å². The Hall–Kier alpha value is -0.650. The Kier molecular flexibility index (Phi) is 4.31. The van der Waals surface area contributed by atoms with Crippen molar-refractivity contribution in [3.05, 3.63) is 0 Å². The summed E-state index contributed by atoms with van der Waals surface area (Å²) in [5.74, 6) is 0.219. The molecule has 0 radical (unpaired) electrons. The fraction of sp³-hybridized carbons (Fsp3) is 0.889. The van der Waals surface area contributed by atoms with E-state index in [0.29, 0.717) is 12.5 Å². The lowest BCUT2D eigenvalue weighted by molar-refractivity contribution is -0.124. The van der Waals surface area contributed by atoms with E-state index in [0.717, 1.165) is 12.8 Å². The average molecular weight is 202 g/mol. The molecule has 1 aliphatic rings. The van der Waals surface area contributed by atoms with Gasteiger partial charge < -0.3 is 20.9 Å². The third kappa shape index (κ3) is 3.25.